The van der Waals surface area contributed by atoms with Gasteiger partial charge in [0.25, 0.3) is 0 Å². The molecule has 0 aromatic carbocycles. The number of rotatable bonds is 5. The molecule has 1 rings (SSSR count). The van der Waals surface area contributed by atoms with E-state index < -0.39 is 9.84 Å². The summed E-state index contributed by atoms with van der Waals surface area (Å²) >= 11 is 0. The highest BCUT2D eigenvalue weighted by atomic mass is 32.2. The van der Waals surface area contributed by atoms with E-state index in [2.05, 4.69) is 0 Å². The average molecular weight is 234 g/mol. The second-order valence-corrected chi connectivity index (χ2v) is 6.32. The van der Waals surface area contributed by atoms with Gasteiger partial charge < -0.3 is 4.74 Å². The maximum Gasteiger partial charge on any atom is 0.152 e. The van der Waals surface area contributed by atoms with Crippen LogP contribution in [0.5, 0.6) is 0 Å². The number of hydrogen-bond acceptors (Lipinski definition) is 4. The Bertz CT molecular complexity index is 297. The SMILES string of the molecule is CCS(=O)(=O)CCOC1CCC(=O)CC1. The molecule has 0 spiro atoms. The summed E-state index contributed by atoms with van der Waals surface area (Å²) in [6, 6.07) is 0. The second-order valence-electron chi connectivity index (χ2n) is 3.85. The molecule has 15 heavy (non-hydrogen) atoms. The molecule has 1 aliphatic rings. The van der Waals surface area contributed by atoms with Crippen molar-refractivity contribution in [2.45, 2.75) is 38.7 Å². The molecular weight excluding hydrogens is 216 g/mol. The molecule has 1 saturated carbocycles. The highest BCUT2D eigenvalue weighted by molar-refractivity contribution is 7.91. The lowest BCUT2D eigenvalue weighted by Crippen LogP contribution is -2.24. The van der Waals surface area contributed by atoms with E-state index in [0.717, 1.165) is 12.8 Å². The third-order valence-corrected chi connectivity index (χ3v) is 4.35. The lowest BCUT2D eigenvalue weighted by atomic mass is 9.97. The summed E-state index contributed by atoms with van der Waals surface area (Å²) in [7, 11) is -2.92. The third-order valence-electron chi connectivity index (χ3n) is 2.68. The normalized spacial score (nSPS) is 19.4. The van der Waals surface area contributed by atoms with Crippen LogP contribution in [0.1, 0.15) is 32.6 Å². The molecule has 0 N–H and O–H groups in total. The van der Waals surface area contributed by atoms with Crippen LogP contribution >= 0.6 is 0 Å². The highest BCUT2D eigenvalue weighted by Crippen LogP contribution is 2.17. The van der Waals surface area contributed by atoms with Crippen LogP contribution in [0.25, 0.3) is 0 Å². The molecule has 0 atom stereocenters. The predicted octanol–water partition coefficient (Wildman–Crippen LogP) is 0.949. The summed E-state index contributed by atoms with van der Waals surface area (Å²) in [5.74, 6) is 0.545. The van der Waals surface area contributed by atoms with Crippen molar-refractivity contribution in [1.29, 1.82) is 0 Å². The van der Waals surface area contributed by atoms with Crippen LogP contribution in [0.2, 0.25) is 0 Å². The number of carbonyl (C=O) groups excluding carboxylic acids is 1. The fraction of sp³-hybridized carbons (Fsp3) is 0.900. The summed E-state index contributed by atoms with van der Waals surface area (Å²) in [6.45, 7) is 1.89. The van der Waals surface area contributed by atoms with Crippen LogP contribution in [0.3, 0.4) is 0 Å². The largest absolute Gasteiger partial charge is 0.377 e. The van der Waals surface area contributed by atoms with Crippen molar-refractivity contribution >= 4 is 15.6 Å². The quantitative estimate of drug-likeness (QED) is 0.710. The summed E-state index contributed by atoms with van der Waals surface area (Å²) in [5.41, 5.74) is 0. The van der Waals surface area contributed by atoms with Gasteiger partial charge in [0.05, 0.1) is 18.5 Å². The zero-order valence-electron chi connectivity index (χ0n) is 9.07. The molecule has 0 aliphatic heterocycles. The van der Waals surface area contributed by atoms with Gasteiger partial charge in [0.1, 0.15) is 5.78 Å². The molecular formula is C10H18O4S. The molecule has 0 bridgehead atoms. The van der Waals surface area contributed by atoms with Gasteiger partial charge in [-0.25, -0.2) is 8.42 Å². The average Bonchev–Trinajstić information content (AvgIpc) is 2.21. The fourth-order valence-corrected chi connectivity index (χ4v) is 2.20. The van der Waals surface area contributed by atoms with Crippen LogP contribution < -0.4 is 0 Å². The molecule has 1 aliphatic carbocycles. The van der Waals surface area contributed by atoms with Crippen LogP contribution in [0.15, 0.2) is 0 Å². The summed E-state index contributed by atoms with van der Waals surface area (Å²) in [4.78, 5) is 10.9. The van der Waals surface area contributed by atoms with Crippen molar-refractivity contribution < 1.29 is 17.9 Å². The topological polar surface area (TPSA) is 60.4 Å². The Morgan fingerprint density at radius 2 is 1.93 bits per heavy atom. The number of ketones is 1. The van der Waals surface area contributed by atoms with Crippen LogP contribution in [0, 0.1) is 0 Å². The van der Waals surface area contributed by atoms with Crippen LogP contribution in [0.4, 0.5) is 0 Å². The Morgan fingerprint density at radius 3 is 2.47 bits per heavy atom. The van der Waals surface area contributed by atoms with Gasteiger partial charge in [0.2, 0.25) is 0 Å². The Labute approximate surface area is 90.9 Å². The fourth-order valence-electron chi connectivity index (χ4n) is 1.57. The smallest absolute Gasteiger partial charge is 0.152 e. The molecule has 4 nitrogen and oxygen atoms in total. The van der Waals surface area contributed by atoms with Crippen molar-refractivity contribution in [3.63, 3.8) is 0 Å². The van der Waals surface area contributed by atoms with E-state index in [4.69, 9.17) is 4.74 Å². The van der Waals surface area contributed by atoms with Crippen molar-refractivity contribution in [2.24, 2.45) is 0 Å². The number of sulfone groups is 1. The highest BCUT2D eigenvalue weighted by Gasteiger charge is 2.19. The molecule has 88 valence electrons. The Balaban J connectivity index is 2.18. The van der Waals surface area contributed by atoms with E-state index in [1.165, 1.54) is 0 Å². The molecule has 0 saturated heterocycles. The first-order chi connectivity index (χ1) is 7.03. The van der Waals surface area contributed by atoms with Crippen LogP contribution in [-0.4, -0.2) is 38.4 Å². The van der Waals surface area contributed by atoms with Crippen molar-refractivity contribution in [3.8, 4) is 0 Å². The van der Waals surface area contributed by atoms with Gasteiger partial charge in [-0.3, -0.25) is 4.79 Å². The minimum atomic E-state index is -2.92. The lowest BCUT2D eigenvalue weighted by molar-refractivity contribution is -0.122. The van der Waals surface area contributed by atoms with Gasteiger partial charge >= 0.3 is 0 Å². The van der Waals surface area contributed by atoms with E-state index in [0.29, 0.717) is 12.8 Å². The number of hydrogen-bond donors (Lipinski definition) is 0. The van der Waals surface area contributed by atoms with Crippen molar-refractivity contribution in [1.82, 2.24) is 0 Å². The number of Topliss-reactive ketones (excluding diaryl/α,β-unsaturated/α-hetero) is 1. The molecule has 0 radical (unpaired) electrons. The van der Waals surface area contributed by atoms with E-state index in [1.807, 2.05) is 0 Å². The van der Waals surface area contributed by atoms with E-state index in [1.54, 1.807) is 6.92 Å². The van der Waals surface area contributed by atoms with Gasteiger partial charge in [-0.2, -0.15) is 0 Å². The first-order valence-electron chi connectivity index (χ1n) is 5.37. The van der Waals surface area contributed by atoms with Gasteiger partial charge in [-0.1, -0.05) is 6.92 Å². The monoisotopic (exact) mass is 234 g/mol. The standard InChI is InChI=1S/C10H18O4S/c1-2-15(12,13)8-7-14-10-5-3-9(11)4-6-10/h10H,2-8H2,1H3. The second kappa shape index (κ2) is 5.61. The van der Waals surface area contributed by atoms with Gasteiger partial charge in [0.15, 0.2) is 9.84 Å². The zero-order valence-corrected chi connectivity index (χ0v) is 9.88. The Morgan fingerprint density at radius 1 is 1.33 bits per heavy atom. The molecule has 0 heterocycles. The predicted molar refractivity (Wildman–Crippen MR) is 57.5 cm³/mol. The van der Waals surface area contributed by atoms with Gasteiger partial charge in [-0.05, 0) is 12.8 Å². The number of ether oxygens (including phenoxy) is 1. The van der Waals surface area contributed by atoms with E-state index in [9.17, 15) is 13.2 Å². The summed E-state index contributed by atoms with van der Waals surface area (Å²) in [5, 5.41) is 0. The maximum absolute atomic E-state index is 11.2. The van der Waals surface area contributed by atoms with Crippen LogP contribution in [-0.2, 0) is 19.4 Å². The minimum absolute atomic E-state index is 0.0785. The van der Waals surface area contributed by atoms with Gasteiger partial charge in [-0.15, -0.1) is 0 Å². The molecule has 5 heteroatoms. The molecule has 0 unspecified atom stereocenters. The van der Waals surface area contributed by atoms with Gasteiger partial charge in [0, 0.05) is 18.6 Å². The lowest BCUT2D eigenvalue weighted by Gasteiger charge is -2.21. The van der Waals surface area contributed by atoms with E-state index in [-0.39, 0.29) is 30.0 Å². The Kier molecular flexibility index (Phi) is 4.73. The third kappa shape index (κ3) is 4.75. The zero-order chi connectivity index (χ0) is 11.3. The molecule has 0 aromatic rings. The maximum atomic E-state index is 11.2. The Hall–Kier alpha value is -0.420. The minimum Gasteiger partial charge on any atom is -0.377 e. The first kappa shape index (κ1) is 12.6. The molecule has 1 fully saturated rings. The van der Waals surface area contributed by atoms with E-state index >= 15 is 0 Å². The van der Waals surface area contributed by atoms with Crippen molar-refractivity contribution in [2.75, 3.05) is 18.1 Å². The molecule has 0 amide bonds. The first-order valence-corrected chi connectivity index (χ1v) is 7.19. The molecule has 0 aromatic heterocycles. The van der Waals surface area contributed by atoms with Crippen molar-refractivity contribution in [3.05, 3.63) is 0 Å². The summed E-state index contributed by atoms with van der Waals surface area (Å²) < 4.78 is 27.8. The number of carbonyl (C=O) groups is 1. The summed E-state index contributed by atoms with van der Waals surface area (Å²) in [6.07, 6.45) is 2.71.